The highest BCUT2D eigenvalue weighted by atomic mass is 16.3. The minimum atomic E-state index is 0.872. The van der Waals surface area contributed by atoms with Crippen molar-refractivity contribution in [3.63, 3.8) is 0 Å². The van der Waals surface area contributed by atoms with Crippen LogP contribution < -0.4 is 4.90 Å². The van der Waals surface area contributed by atoms with Gasteiger partial charge in [-0.05, 0) is 86.8 Å². The van der Waals surface area contributed by atoms with Gasteiger partial charge in [0.15, 0.2) is 0 Å². The van der Waals surface area contributed by atoms with Crippen molar-refractivity contribution in [1.29, 1.82) is 0 Å². The maximum Gasteiger partial charge on any atom is 0.145 e. The van der Waals surface area contributed by atoms with Crippen LogP contribution in [-0.4, -0.2) is 0 Å². The zero-order valence-corrected chi connectivity index (χ0v) is 29.6. The molecule has 0 bridgehead atoms. The Morgan fingerprint density at radius 1 is 0.315 bits per heavy atom. The highest BCUT2D eigenvalue weighted by Crippen LogP contribution is 2.48. The number of nitrogens with zero attached hydrogens (tertiary/aromatic N) is 1. The number of hydrogen-bond donors (Lipinski definition) is 0. The summed E-state index contributed by atoms with van der Waals surface area (Å²) in [6.07, 6.45) is 0. The molecule has 0 radical (unpaired) electrons. The third-order valence-electron chi connectivity index (χ3n) is 10.5. The Labute approximate surface area is 314 Å². The van der Waals surface area contributed by atoms with Crippen molar-refractivity contribution in [3.8, 4) is 44.5 Å². The van der Waals surface area contributed by atoms with E-state index >= 15 is 0 Å². The topological polar surface area (TPSA) is 16.4 Å². The normalized spacial score (nSPS) is 11.3. The molecule has 0 saturated heterocycles. The number of hydrogen-bond acceptors (Lipinski definition) is 2. The lowest BCUT2D eigenvalue weighted by Crippen LogP contribution is -2.10. The van der Waals surface area contributed by atoms with Gasteiger partial charge in [0.1, 0.15) is 11.2 Å². The largest absolute Gasteiger partial charge is 0.455 e. The van der Waals surface area contributed by atoms with Gasteiger partial charge < -0.3 is 9.32 Å². The van der Waals surface area contributed by atoms with Crippen molar-refractivity contribution in [1.82, 2.24) is 0 Å². The Bertz CT molecular complexity index is 2890. The molecule has 254 valence electrons. The molecular weight excluding hydrogens is 655 g/mol. The zero-order valence-electron chi connectivity index (χ0n) is 29.6. The van der Waals surface area contributed by atoms with E-state index in [1.807, 2.05) is 0 Å². The van der Waals surface area contributed by atoms with Crippen molar-refractivity contribution >= 4 is 49.8 Å². The van der Waals surface area contributed by atoms with Crippen molar-refractivity contribution in [2.75, 3.05) is 4.90 Å². The lowest BCUT2D eigenvalue weighted by atomic mass is 9.97. The molecule has 0 fully saturated rings. The number of rotatable bonds is 7. The maximum absolute atomic E-state index is 7.07. The molecule has 2 heteroatoms. The molecule has 0 aliphatic carbocycles. The lowest BCUT2D eigenvalue weighted by molar-refractivity contribution is 0.674. The highest BCUT2D eigenvalue weighted by molar-refractivity contribution is 6.22. The average molecular weight is 690 g/mol. The first kappa shape index (κ1) is 31.6. The molecule has 54 heavy (non-hydrogen) atoms. The van der Waals surface area contributed by atoms with E-state index in [0.29, 0.717) is 0 Å². The molecule has 10 rings (SSSR count). The molecule has 0 aliphatic rings. The average Bonchev–Trinajstić information content (AvgIpc) is 3.66. The fourth-order valence-corrected chi connectivity index (χ4v) is 7.79. The van der Waals surface area contributed by atoms with E-state index in [-0.39, 0.29) is 0 Å². The van der Waals surface area contributed by atoms with Gasteiger partial charge in [0.25, 0.3) is 0 Å². The Kier molecular flexibility index (Phi) is 7.85. The van der Waals surface area contributed by atoms with Crippen LogP contribution >= 0.6 is 0 Å². The predicted molar refractivity (Wildman–Crippen MR) is 228 cm³/mol. The standard InChI is InChI=1S/C52H35NO/c1-4-13-36(14-5-1)39-23-25-42(26-24-39)47-33-34-49(50-48-32-29-41-19-10-11-22-46(41)51(48)54-52(47)50)53(44-30-27-40(28-31-44)37-15-6-2-7-16-37)45-21-12-20-43(35-45)38-17-8-3-9-18-38/h1-35H. The number of fused-ring (bicyclic) bond motifs is 5. The van der Waals surface area contributed by atoms with E-state index in [1.165, 1.54) is 27.8 Å². The van der Waals surface area contributed by atoms with Crippen LogP contribution in [0, 0.1) is 0 Å². The first-order valence-electron chi connectivity index (χ1n) is 18.4. The van der Waals surface area contributed by atoms with Crippen LogP contribution in [-0.2, 0) is 0 Å². The Balaban J connectivity index is 1.21. The Morgan fingerprint density at radius 3 is 1.52 bits per heavy atom. The minimum absolute atomic E-state index is 0.872. The molecule has 0 saturated carbocycles. The molecule has 1 aromatic heterocycles. The van der Waals surface area contributed by atoms with Crippen LogP contribution in [0.4, 0.5) is 17.1 Å². The van der Waals surface area contributed by atoms with Gasteiger partial charge in [0.2, 0.25) is 0 Å². The van der Waals surface area contributed by atoms with Crippen LogP contribution in [0.15, 0.2) is 217 Å². The summed E-state index contributed by atoms with van der Waals surface area (Å²) in [7, 11) is 0. The number of anilines is 3. The van der Waals surface area contributed by atoms with Gasteiger partial charge in [-0.2, -0.15) is 0 Å². The van der Waals surface area contributed by atoms with E-state index in [0.717, 1.165) is 66.5 Å². The molecule has 0 spiro atoms. The van der Waals surface area contributed by atoms with Crippen LogP contribution in [0.2, 0.25) is 0 Å². The minimum Gasteiger partial charge on any atom is -0.455 e. The van der Waals surface area contributed by atoms with E-state index < -0.39 is 0 Å². The molecule has 1 heterocycles. The van der Waals surface area contributed by atoms with E-state index in [4.69, 9.17) is 4.42 Å². The Morgan fingerprint density at radius 2 is 0.852 bits per heavy atom. The summed E-state index contributed by atoms with van der Waals surface area (Å²) < 4.78 is 7.07. The van der Waals surface area contributed by atoms with Gasteiger partial charge in [0, 0.05) is 27.7 Å². The van der Waals surface area contributed by atoms with Crippen LogP contribution in [0.5, 0.6) is 0 Å². The quantitative estimate of drug-likeness (QED) is 0.166. The van der Waals surface area contributed by atoms with Crippen LogP contribution in [0.3, 0.4) is 0 Å². The van der Waals surface area contributed by atoms with Gasteiger partial charge in [-0.1, -0.05) is 170 Å². The lowest BCUT2D eigenvalue weighted by Gasteiger charge is -2.27. The molecule has 2 nitrogen and oxygen atoms in total. The molecule has 10 aromatic rings. The summed E-state index contributed by atoms with van der Waals surface area (Å²) in [5.41, 5.74) is 14.2. The second-order valence-electron chi connectivity index (χ2n) is 13.7. The monoisotopic (exact) mass is 689 g/mol. The smallest absolute Gasteiger partial charge is 0.145 e. The first-order valence-corrected chi connectivity index (χ1v) is 18.4. The summed E-state index contributed by atoms with van der Waals surface area (Å²) in [4.78, 5) is 2.38. The predicted octanol–water partition coefficient (Wildman–Crippen LogP) is 14.9. The molecule has 0 atom stereocenters. The SMILES string of the molecule is c1ccc(-c2ccc(-c3ccc(N(c4ccc(-c5ccccc5)cc4)c4cccc(-c5ccccc5)c4)c4c3oc3c5ccccc5ccc34)cc2)cc1. The summed E-state index contributed by atoms with van der Waals surface area (Å²) in [5.74, 6) is 0. The third kappa shape index (κ3) is 5.62. The van der Waals surface area contributed by atoms with Gasteiger partial charge >= 0.3 is 0 Å². The van der Waals surface area contributed by atoms with E-state index in [2.05, 4.69) is 217 Å². The Hall–Kier alpha value is -7.16. The number of furan rings is 1. The molecule has 0 aliphatic heterocycles. The molecule has 9 aromatic carbocycles. The maximum atomic E-state index is 7.07. The van der Waals surface area contributed by atoms with Gasteiger partial charge in [0.05, 0.1) is 11.1 Å². The van der Waals surface area contributed by atoms with Gasteiger partial charge in [-0.15, -0.1) is 0 Å². The molecule has 0 unspecified atom stereocenters. The van der Waals surface area contributed by atoms with Crippen molar-refractivity contribution in [2.45, 2.75) is 0 Å². The summed E-state index contributed by atoms with van der Waals surface area (Å²) in [6, 6.07) is 75.7. The summed E-state index contributed by atoms with van der Waals surface area (Å²) >= 11 is 0. The van der Waals surface area contributed by atoms with Crippen molar-refractivity contribution in [3.05, 3.63) is 212 Å². The molecule has 0 N–H and O–H groups in total. The van der Waals surface area contributed by atoms with Crippen LogP contribution in [0.25, 0.3) is 77.2 Å². The highest BCUT2D eigenvalue weighted by Gasteiger charge is 2.23. The summed E-state index contributed by atoms with van der Waals surface area (Å²) in [6.45, 7) is 0. The van der Waals surface area contributed by atoms with E-state index in [9.17, 15) is 0 Å². The molecular formula is C52H35NO. The van der Waals surface area contributed by atoms with Gasteiger partial charge in [-0.25, -0.2) is 0 Å². The van der Waals surface area contributed by atoms with E-state index in [1.54, 1.807) is 0 Å². The second kappa shape index (κ2) is 13.4. The number of benzene rings is 9. The van der Waals surface area contributed by atoms with Gasteiger partial charge in [-0.3, -0.25) is 0 Å². The van der Waals surface area contributed by atoms with Crippen molar-refractivity contribution in [2.24, 2.45) is 0 Å². The third-order valence-corrected chi connectivity index (χ3v) is 10.5. The second-order valence-corrected chi connectivity index (χ2v) is 13.7. The molecule has 0 amide bonds. The summed E-state index contributed by atoms with van der Waals surface area (Å²) in [5, 5.41) is 4.43. The first-order chi connectivity index (χ1) is 26.8. The fraction of sp³-hybridized carbons (Fsp3) is 0. The van der Waals surface area contributed by atoms with Crippen molar-refractivity contribution < 1.29 is 4.42 Å². The fourth-order valence-electron chi connectivity index (χ4n) is 7.79. The zero-order chi connectivity index (χ0) is 35.8. The van der Waals surface area contributed by atoms with Crippen LogP contribution in [0.1, 0.15) is 0 Å².